The number of fused-ring (bicyclic) bond motifs is 1. The van der Waals surface area contributed by atoms with Gasteiger partial charge in [-0.1, -0.05) is 66.2 Å². The highest BCUT2D eigenvalue weighted by molar-refractivity contribution is 6.31. The molecule has 0 spiro atoms. The number of nitrogens with one attached hydrogen (secondary N) is 1. The standard InChI is InChI=1S/C27H22ClN3O3/c28-23-9-5-4-8-21(23)17-30-13-12-20-14-19(10-11-24(20)30)15-22-25(32)29-27(34)31(26(22)33)16-18-6-2-1-3-7-18/h1-11,14-15H,12-13,16-17H2,(H,29,32,34). The summed E-state index contributed by atoms with van der Waals surface area (Å²) in [7, 11) is 0. The molecular weight excluding hydrogens is 450 g/mol. The van der Waals surface area contributed by atoms with Gasteiger partial charge in [0.1, 0.15) is 5.57 Å². The molecule has 0 aliphatic carbocycles. The zero-order valence-electron chi connectivity index (χ0n) is 18.3. The molecule has 3 aromatic rings. The Labute approximate surface area is 202 Å². The number of rotatable bonds is 5. The molecule has 3 aromatic carbocycles. The van der Waals surface area contributed by atoms with Crippen molar-refractivity contribution in [3.8, 4) is 0 Å². The van der Waals surface area contributed by atoms with Crippen LogP contribution in [0.4, 0.5) is 10.5 Å². The minimum absolute atomic E-state index is 0.0543. The summed E-state index contributed by atoms with van der Waals surface area (Å²) in [5, 5.41) is 3.02. The van der Waals surface area contributed by atoms with E-state index in [1.165, 1.54) is 0 Å². The van der Waals surface area contributed by atoms with Crippen molar-refractivity contribution in [3.05, 3.63) is 106 Å². The van der Waals surface area contributed by atoms with E-state index in [9.17, 15) is 14.4 Å². The lowest BCUT2D eigenvalue weighted by Crippen LogP contribution is -2.53. The van der Waals surface area contributed by atoms with Crippen LogP contribution in [0.3, 0.4) is 0 Å². The van der Waals surface area contributed by atoms with Crippen LogP contribution in [0.5, 0.6) is 0 Å². The molecule has 0 aromatic heterocycles. The minimum atomic E-state index is -0.708. The fourth-order valence-electron chi connectivity index (χ4n) is 4.35. The second-order valence-electron chi connectivity index (χ2n) is 8.35. The fourth-order valence-corrected chi connectivity index (χ4v) is 4.54. The van der Waals surface area contributed by atoms with Crippen molar-refractivity contribution in [2.45, 2.75) is 19.5 Å². The van der Waals surface area contributed by atoms with Gasteiger partial charge in [-0.2, -0.15) is 0 Å². The summed E-state index contributed by atoms with van der Waals surface area (Å²) in [5.41, 5.74) is 4.81. The van der Waals surface area contributed by atoms with Gasteiger partial charge in [0.05, 0.1) is 6.54 Å². The summed E-state index contributed by atoms with van der Waals surface area (Å²) in [6.07, 6.45) is 2.41. The molecule has 0 atom stereocenters. The zero-order valence-corrected chi connectivity index (χ0v) is 19.1. The van der Waals surface area contributed by atoms with Crippen molar-refractivity contribution in [1.82, 2.24) is 10.2 Å². The van der Waals surface area contributed by atoms with Crippen molar-refractivity contribution in [2.24, 2.45) is 0 Å². The number of carbonyl (C=O) groups excluding carboxylic acids is 3. The van der Waals surface area contributed by atoms with E-state index in [-0.39, 0.29) is 12.1 Å². The quantitative estimate of drug-likeness (QED) is 0.437. The number of halogens is 1. The SMILES string of the molecule is O=C1NC(=O)N(Cc2ccccc2)C(=O)C1=Cc1ccc2c(c1)CCN2Cc1ccccc1Cl. The molecule has 0 unspecified atom stereocenters. The number of urea groups is 1. The first-order valence-corrected chi connectivity index (χ1v) is 11.4. The molecule has 6 nitrogen and oxygen atoms in total. The number of hydrogen-bond donors (Lipinski definition) is 1. The topological polar surface area (TPSA) is 69.7 Å². The summed E-state index contributed by atoms with van der Waals surface area (Å²) >= 11 is 6.33. The van der Waals surface area contributed by atoms with Gasteiger partial charge in [-0.25, -0.2) is 4.79 Å². The number of barbiturate groups is 1. The minimum Gasteiger partial charge on any atom is -0.367 e. The maximum absolute atomic E-state index is 13.0. The maximum atomic E-state index is 13.0. The van der Waals surface area contributed by atoms with Crippen molar-refractivity contribution < 1.29 is 14.4 Å². The first kappa shape index (κ1) is 21.9. The first-order valence-electron chi connectivity index (χ1n) is 11.0. The summed E-state index contributed by atoms with van der Waals surface area (Å²) in [4.78, 5) is 41.1. The predicted molar refractivity (Wildman–Crippen MR) is 131 cm³/mol. The molecule has 2 aliphatic heterocycles. The highest BCUT2D eigenvalue weighted by Crippen LogP contribution is 2.32. The summed E-state index contributed by atoms with van der Waals surface area (Å²) < 4.78 is 0. The average molecular weight is 472 g/mol. The van der Waals surface area contributed by atoms with Crippen molar-refractivity contribution in [3.63, 3.8) is 0 Å². The van der Waals surface area contributed by atoms with Gasteiger partial charge in [0.2, 0.25) is 0 Å². The molecule has 5 rings (SSSR count). The number of amides is 4. The number of nitrogens with zero attached hydrogens (tertiary/aromatic N) is 2. The molecular formula is C27H22ClN3O3. The summed E-state index contributed by atoms with van der Waals surface area (Å²) in [5.74, 6) is -1.28. The Balaban J connectivity index is 1.38. The van der Waals surface area contributed by atoms with Crippen LogP contribution in [-0.2, 0) is 29.1 Å². The second kappa shape index (κ2) is 9.15. The zero-order chi connectivity index (χ0) is 23.7. The van der Waals surface area contributed by atoms with Crippen LogP contribution < -0.4 is 10.2 Å². The van der Waals surface area contributed by atoms with Crippen LogP contribution in [0.15, 0.2) is 78.4 Å². The smallest absolute Gasteiger partial charge is 0.331 e. The molecule has 4 amide bonds. The van der Waals surface area contributed by atoms with Gasteiger partial charge in [-0.3, -0.25) is 19.8 Å². The molecule has 0 radical (unpaired) electrons. The number of hydrogen-bond acceptors (Lipinski definition) is 4. The van der Waals surface area contributed by atoms with Gasteiger partial charge in [-0.05, 0) is 52.9 Å². The van der Waals surface area contributed by atoms with Crippen LogP contribution in [0.1, 0.15) is 22.3 Å². The monoisotopic (exact) mass is 471 g/mol. The lowest BCUT2D eigenvalue weighted by Gasteiger charge is -2.26. The first-order chi connectivity index (χ1) is 16.5. The third kappa shape index (κ3) is 4.32. The Morgan fingerprint density at radius 2 is 1.68 bits per heavy atom. The largest absolute Gasteiger partial charge is 0.367 e. The Kier molecular flexibility index (Phi) is 5.90. The molecule has 0 saturated carbocycles. The van der Waals surface area contributed by atoms with E-state index in [1.54, 1.807) is 6.08 Å². The van der Waals surface area contributed by atoms with E-state index in [4.69, 9.17) is 11.6 Å². The van der Waals surface area contributed by atoms with Gasteiger partial charge in [0.15, 0.2) is 0 Å². The number of anilines is 1. The Hall–Kier alpha value is -3.90. The third-order valence-corrected chi connectivity index (χ3v) is 6.46. The van der Waals surface area contributed by atoms with Crippen LogP contribution >= 0.6 is 11.6 Å². The highest BCUT2D eigenvalue weighted by atomic mass is 35.5. The van der Waals surface area contributed by atoms with Gasteiger partial charge >= 0.3 is 6.03 Å². The Morgan fingerprint density at radius 3 is 2.47 bits per heavy atom. The van der Waals surface area contributed by atoms with Gasteiger partial charge in [0.25, 0.3) is 11.8 Å². The Morgan fingerprint density at radius 1 is 0.912 bits per heavy atom. The van der Waals surface area contributed by atoms with Crippen molar-refractivity contribution in [1.29, 1.82) is 0 Å². The van der Waals surface area contributed by atoms with Crippen LogP contribution in [-0.4, -0.2) is 29.3 Å². The van der Waals surface area contributed by atoms with Gasteiger partial charge < -0.3 is 4.90 Å². The second-order valence-corrected chi connectivity index (χ2v) is 8.75. The third-order valence-electron chi connectivity index (χ3n) is 6.09. The lowest BCUT2D eigenvalue weighted by molar-refractivity contribution is -0.130. The molecule has 1 fully saturated rings. The Bertz CT molecular complexity index is 1320. The lowest BCUT2D eigenvalue weighted by atomic mass is 10.0. The van der Waals surface area contributed by atoms with E-state index in [2.05, 4.69) is 10.2 Å². The predicted octanol–water partition coefficient (Wildman–Crippen LogP) is 4.56. The van der Waals surface area contributed by atoms with E-state index < -0.39 is 17.8 Å². The maximum Gasteiger partial charge on any atom is 0.331 e. The number of benzene rings is 3. The summed E-state index contributed by atoms with van der Waals surface area (Å²) in [6.45, 7) is 1.67. The molecule has 7 heteroatoms. The van der Waals surface area contributed by atoms with E-state index in [0.717, 1.165) is 50.8 Å². The number of carbonyl (C=O) groups is 3. The van der Waals surface area contributed by atoms with Crippen LogP contribution in [0.25, 0.3) is 6.08 Å². The average Bonchev–Trinajstić information content (AvgIpc) is 3.23. The van der Waals surface area contributed by atoms with Crippen molar-refractivity contribution >= 4 is 41.2 Å². The number of imide groups is 2. The van der Waals surface area contributed by atoms with Crippen LogP contribution in [0.2, 0.25) is 5.02 Å². The molecule has 1 saturated heterocycles. The molecule has 170 valence electrons. The molecule has 2 aliphatic rings. The van der Waals surface area contributed by atoms with E-state index >= 15 is 0 Å². The normalized spacial score (nSPS) is 16.7. The molecule has 0 bridgehead atoms. The van der Waals surface area contributed by atoms with Gasteiger partial charge in [0, 0.05) is 23.8 Å². The molecule has 2 heterocycles. The van der Waals surface area contributed by atoms with Crippen LogP contribution in [0, 0.1) is 0 Å². The fraction of sp³-hybridized carbons (Fsp3) is 0.148. The van der Waals surface area contributed by atoms with Gasteiger partial charge in [-0.15, -0.1) is 0 Å². The molecule has 1 N–H and O–H groups in total. The summed E-state index contributed by atoms with van der Waals surface area (Å²) in [6, 6.07) is 22.2. The van der Waals surface area contributed by atoms with E-state index in [0.29, 0.717) is 6.54 Å². The highest BCUT2D eigenvalue weighted by Gasteiger charge is 2.35. The van der Waals surface area contributed by atoms with Crippen molar-refractivity contribution in [2.75, 3.05) is 11.4 Å². The molecule has 34 heavy (non-hydrogen) atoms. The van der Waals surface area contributed by atoms with E-state index in [1.807, 2.05) is 72.8 Å².